The van der Waals surface area contributed by atoms with E-state index in [9.17, 15) is 21.6 Å². The van der Waals surface area contributed by atoms with Crippen LogP contribution in [0.1, 0.15) is 30.8 Å². The molecule has 5 aromatic rings. The van der Waals surface area contributed by atoms with Crippen LogP contribution in [-0.4, -0.2) is 63.1 Å². The summed E-state index contributed by atoms with van der Waals surface area (Å²) in [5.41, 5.74) is 2.39. The molecular formula is C33H33F3N6O4S. The number of aromatic nitrogens is 4. The second kappa shape index (κ2) is 14.1. The Labute approximate surface area is 270 Å². The van der Waals surface area contributed by atoms with Crippen molar-refractivity contribution in [3.05, 3.63) is 102 Å². The molecule has 246 valence electrons. The molecule has 10 nitrogen and oxygen atoms in total. The maximum atomic E-state index is 13.0. The Balaban J connectivity index is 0.000000371. The highest BCUT2D eigenvalue weighted by atomic mass is 32.2. The molecule has 0 aliphatic carbocycles. The number of ether oxygens (including phenoxy) is 1. The summed E-state index contributed by atoms with van der Waals surface area (Å²) in [5, 5.41) is 4.12. The molecule has 6 rings (SSSR count). The Morgan fingerprint density at radius 2 is 1.68 bits per heavy atom. The van der Waals surface area contributed by atoms with Gasteiger partial charge in [-0.05, 0) is 57.2 Å². The average Bonchev–Trinajstić information content (AvgIpc) is 3.02. The second-order valence-corrected chi connectivity index (χ2v) is 12.6. The maximum absolute atomic E-state index is 13.0. The second-order valence-electron chi connectivity index (χ2n) is 11.2. The molecule has 2 aromatic carbocycles. The first kappa shape index (κ1) is 33.9. The van der Waals surface area contributed by atoms with E-state index in [2.05, 4.69) is 20.2 Å². The summed E-state index contributed by atoms with van der Waals surface area (Å²) < 4.78 is 74.1. The van der Waals surface area contributed by atoms with Crippen LogP contribution < -0.4 is 5.32 Å². The molecule has 2 unspecified atom stereocenters. The van der Waals surface area contributed by atoms with Gasteiger partial charge in [0.05, 0.1) is 40.4 Å². The Morgan fingerprint density at radius 1 is 0.957 bits per heavy atom. The Bertz CT molecular complexity index is 1930. The average molecular weight is 667 g/mol. The first-order chi connectivity index (χ1) is 22.3. The van der Waals surface area contributed by atoms with E-state index in [1.54, 1.807) is 24.4 Å². The number of nitrogens with zero attached hydrogens (tertiary/aromatic N) is 5. The SMILES string of the molecule is Cc1c(Nc2ccc(C(F)(F)F)cn2)nc(CN2CC(C)OC(C)C2)nc1-c1ccc2cccnc2c1.O=S(=O)(O)c1ccccc1. The zero-order valence-electron chi connectivity index (χ0n) is 25.8. The largest absolute Gasteiger partial charge is 0.417 e. The number of morpholine rings is 1. The zero-order valence-corrected chi connectivity index (χ0v) is 26.6. The molecule has 0 saturated carbocycles. The van der Waals surface area contributed by atoms with E-state index >= 15 is 0 Å². The van der Waals surface area contributed by atoms with E-state index in [1.165, 1.54) is 18.2 Å². The van der Waals surface area contributed by atoms with Crippen LogP contribution in [0.5, 0.6) is 0 Å². The highest BCUT2D eigenvalue weighted by Gasteiger charge is 2.31. The Morgan fingerprint density at radius 3 is 2.30 bits per heavy atom. The van der Waals surface area contributed by atoms with Crippen molar-refractivity contribution in [2.24, 2.45) is 0 Å². The molecule has 1 fully saturated rings. The van der Waals surface area contributed by atoms with Crippen molar-refractivity contribution in [1.82, 2.24) is 24.8 Å². The fourth-order valence-electron chi connectivity index (χ4n) is 5.21. The van der Waals surface area contributed by atoms with Gasteiger partial charge in [0, 0.05) is 42.0 Å². The number of nitrogens with one attached hydrogen (secondary N) is 1. The Hall–Kier alpha value is -4.50. The van der Waals surface area contributed by atoms with E-state index in [1.807, 2.05) is 51.1 Å². The van der Waals surface area contributed by atoms with Crippen LogP contribution in [0.4, 0.5) is 24.8 Å². The van der Waals surface area contributed by atoms with Crippen LogP contribution in [0.2, 0.25) is 0 Å². The van der Waals surface area contributed by atoms with Gasteiger partial charge in [-0.25, -0.2) is 15.0 Å². The van der Waals surface area contributed by atoms with E-state index in [4.69, 9.17) is 19.3 Å². The molecule has 4 heterocycles. The Kier molecular flexibility index (Phi) is 10.2. The monoisotopic (exact) mass is 666 g/mol. The van der Waals surface area contributed by atoms with Gasteiger partial charge < -0.3 is 10.1 Å². The molecule has 0 radical (unpaired) electrons. The summed E-state index contributed by atoms with van der Waals surface area (Å²) in [6, 6.07) is 19.6. The fraction of sp³-hybridized carbons (Fsp3) is 0.273. The summed E-state index contributed by atoms with van der Waals surface area (Å²) in [6.45, 7) is 7.96. The number of hydrogen-bond donors (Lipinski definition) is 2. The van der Waals surface area contributed by atoms with E-state index in [0.717, 1.165) is 53.1 Å². The molecule has 1 aliphatic rings. The topological polar surface area (TPSA) is 130 Å². The molecule has 2 N–H and O–H groups in total. The van der Waals surface area contributed by atoms with Gasteiger partial charge in [0.25, 0.3) is 10.1 Å². The molecule has 1 aliphatic heterocycles. The number of fused-ring (bicyclic) bond motifs is 1. The maximum Gasteiger partial charge on any atom is 0.417 e. The number of benzene rings is 2. The lowest BCUT2D eigenvalue weighted by Crippen LogP contribution is -2.45. The van der Waals surface area contributed by atoms with Crippen LogP contribution in [0, 0.1) is 6.92 Å². The number of halogens is 3. The van der Waals surface area contributed by atoms with Crippen LogP contribution in [0.3, 0.4) is 0 Å². The third-order valence-electron chi connectivity index (χ3n) is 7.31. The minimum Gasteiger partial charge on any atom is -0.373 e. The summed E-state index contributed by atoms with van der Waals surface area (Å²) in [7, 11) is -4.00. The first-order valence-corrected chi connectivity index (χ1v) is 16.1. The number of anilines is 2. The minimum atomic E-state index is -4.45. The number of hydrogen-bond acceptors (Lipinski definition) is 9. The van der Waals surface area contributed by atoms with Gasteiger partial charge in [0.1, 0.15) is 17.5 Å². The van der Waals surface area contributed by atoms with Gasteiger partial charge in [-0.1, -0.05) is 36.4 Å². The molecule has 0 amide bonds. The van der Waals surface area contributed by atoms with E-state index in [-0.39, 0.29) is 22.9 Å². The van der Waals surface area contributed by atoms with Crippen LogP contribution >= 0.6 is 0 Å². The molecule has 0 spiro atoms. The number of pyridine rings is 2. The van der Waals surface area contributed by atoms with Crippen molar-refractivity contribution in [3.8, 4) is 11.3 Å². The van der Waals surface area contributed by atoms with Crippen molar-refractivity contribution in [2.75, 3.05) is 18.4 Å². The van der Waals surface area contributed by atoms with Crippen molar-refractivity contribution >= 4 is 32.7 Å². The molecule has 2 atom stereocenters. The molecular weight excluding hydrogens is 633 g/mol. The number of alkyl halides is 3. The van der Waals surface area contributed by atoms with Crippen molar-refractivity contribution in [2.45, 2.75) is 50.6 Å². The molecule has 47 heavy (non-hydrogen) atoms. The van der Waals surface area contributed by atoms with Gasteiger partial charge in [0.15, 0.2) is 0 Å². The van der Waals surface area contributed by atoms with Gasteiger partial charge >= 0.3 is 6.18 Å². The quantitative estimate of drug-likeness (QED) is 0.189. The van der Waals surface area contributed by atoms with Crippen LogP contribution in [0.15, 0.2) is 90.1 Å². The zero-order chi connectivity index (χ0) is 33.8. The number of rotatable bonds is 6. The summed E-state index contributed by atoms with van der Waals surface area (Å²) in [5.74, 6) is 1.35. The van der Waals surface area contributed by atoms with Crippen LogP contribution in [0.25, 0.3) is 22.2 Å². The van der Waals surface area contributed by atoms with Gasteiger partial charge in [-0.2, -0.15) is 21.6 Å². The first-order valence-electron chi connectivity index (χ1n) is 14.7. The van der Waals surface area contributed by atoms with Gasteiger partial charge in [0.2, 0.25) is 0 Å². The predicted molar refractivity (Wildman–Crippen MR) is 172 cm³/mol. The summed E-state index contributed by atoms with van der Waals surface area (Å²) >= 11 is 0. The van der Waals surface area contributed by atoms with Gasteiger partial charge in [-0.15, -0.1) is 0 Å². The highest BCUT2D eigenvalue weighted by molar-refractivity contribution is 7.85. The van der Waals surface area contributed by atoms with Crippen molar-refractivity contribution in [1.29, 1.82) is 0 Å². The molecule has 3 aromatic heterocycles. The third-order valence-corrected chi connectivity index (χ3v) is 8.18. The highest BCUT2D eigenvalue weighted by Crippen LogP contribution is 2.32. The smallest absolute Gasteiger partial charge is 0.373 e. The molecule has 1 saturated heterocycles. The van der Waals surface area contributed by atoms with Gasteiger partial charge in [-0.3, -0.25) is 14.4 Å². The summed E-state index contributed by atoms with van der Waals surface area (Å²) in [6.07, 6.45) is -1.71. The summed E-state index contributed by atoms with van der Waals surface area (Å²) in [4.78, 5) is 20.3. The third kappa shape index (κ3) is 8.86. The lowest BCUT2D eigenvalue weighted by molar-refractivity contribution is -0.137. The van der Waals surface area contributed by atoms with Crippen LogP contribution in [-0.2, 0) is 27.6 Å². The van der Waals surface area contributed by atoms with E-state index < -0.39 is 21.9 Å². The lowest BCUT2D eigenvalue weighted by atomic mass is 10.0. The standard InChI is InChI=1S/C27H27F3N6O.C6H6O3S/c1-16-13-36(14-17(2)37-16)15-24-33-25(20-7-6-19-5-4-10-31-22(19)11-20)18(3)26(35-24)34-23-9-8-21(12-32-23)27(28,29)30;7-10(8,9)6-4-2-1-3-5-6/h4-12,16-17H,13-15H2,1-3H3,(H,32,33,34,35);1-5H,(H,7,8,9). The normalized spacial score (nSPS) is 17.2. The predicted octanol–water partition coefficient (Wildman–Crippen LogP) is 6.70. The van der Waals surface area contributed by atoms with Crippen molar-refractivity contribution in [3.63, 3.8) is 0 Å². The fourth-order valence-corrected chi connectivity index (χ4v) is 5.71. The van der Waals surface area contributed by atoms with Crippen molar-refractivity contribution < 1.29 is 30.9 Å². The molecule has 14 heteroatoms. The van der Waals surface area contributed by atoms with E-state index in [0.29, 0.717) is 18.2 Å². The minimum absolute atomic E-state index is 0.0741. The lowest BCUT2D eigenvalue weighted by Gasteiger charge is -2.34. The molecule has 0 bridgehead atoms.